The van der Waals surface area contributed by atoms with Crippen LogP contribution in [0.3, 0.4) is 0 Å². The van der Waals surface area contributed by atoms with Crippen LogP contribution in [0.15, 0.2) is 4.99 Å². The predicted molar refractivity (Wildman–Crippen MR) is 133 cm³/mol. The number of rotatable bonds is 17. The van der Waals surface area contributed by atoms with Crippen LogP contribution in [-0.2, 0) is 19.2 Å². The molecule has 190 valence electrons. The molecule has 4 atom stereocenters. The van der Waals surface area contributed by atoms with Crippen molar-refractivity contribution in [3.8, 4) is 0 Å². The van der Waals surface area contributed by atoms with Crippen molar-refractivity contribution in [2.75, 3.05) is 30.6 Å². The molecule has 4 unspecified atom stereocenters. The molecule has 0 aliphatic heterocycles. The number of carboxylic acids is 1. The summed E-state index contributed by atoms with van der Waals surface area (Å²) in [4.78, 5) is 52.7. The van der Waals surface area contributed by atoms with Gasteiger partial charge < -0.3 is 38.3 Å². The van der Waals surface area contributed by atoms with Gasteiger partial charge in [0.25, 0.3) is 0 Å². The van der Waals surface area contributed by atoms with Crippen molar-refractivity contribution in [1.29, 1.82) is 0 Å². The van der Waals surface area contributed by atoms with Gasteiger partial charge in [0.05, 0.1) is 6.04 Å². The van der Waals surface area contributed by atoms with Crippen LogP contribution in [0.2, 0.25) is 0 Å². The number of carbonyl (C=O) groups excluding carboxylic acids is 3. The van der Waals surface area contributed by atoms with Crippen LogP contribution in [-0.4, -0.2) is 89.5 Å². The van der Waals surface area contributed by atoms with Crippen molar-refractivity contribution in [2.45, 2.75) is 56.8 Å². The third-order valence-electron chi connectivity index (χ3n) is 4.53. The largest absolute Gasteiger partial charge is 0.480 e. The number of aliphatic imine (C=N–C) groups is 1. The summed E-state index contributed by atoms with van der Waals surface area (Å²) < 4.78 is 0. The molecule has 0 saturated carbocycles. The molecule has 0 heterocycles. The zero-order valence-electron chi connectivity index (χ0n) is 19.3. The number of thioether (sulfide) groups is 2. The van der Waals surface area contributed by atoms with E-state index in [1.165, 1.54) is 18.7 Å². The van der Waals surface area contributed by atoms with E-state index in [2.05, 4.69) is 20.9 Å². The molecule has 0 aliphatic rings. The van der Waals surface area contributed by atoms with Gasteiger partial charge in [0, 0.05) is 6.54 Å². The highest BCUT2D eigenvalue weighted by Crippen LogP contribution is 2.05. The summed E-state index contributed by atoms with van der Waals surface area (Å²) in [5.74, 6) is -1.64. The van der Waals surface area contributed by atoms with Gasteiger partial charge in [-0.15, -0.1) is 0 Å². The van der Waals surface area contributed by atoms with Crippen molar-refractivity contribution in [3.63, 3.8) is 0 Å². The number of hydrogen-bond donors (Lipinski definition) is 7. The van der Waals surface area contributed by atoms with Gasteiger partial charge in [-0.25, -0.2) is 4.79 Å². The summed E-state index contributed by atoms with van der Waals surface area (Å²) in [6.45, 7) is 1.66. The number of amides is 3. The molecule has 33 heavy (non-hydrogen) atoms. The summed E-state index contributed by atoms with van der Waals surface area (Å²) in [5, 5.41) is 16.9. The Morgan fingerprint density at radius 3 is 2.00 bits per heavy atom. The molecule has 0 saturated heterocycles. The molecular formula is C19H37N7O5S2. The van der Waals surface area contributed by atoms with Crippen LogP contribution in [0.25, 0.3) is 0 Å². The van der Waals surface area contributed by atoms with E-state index >= 15 is 0 Å². The van der Waals surface area contributed by atoms with Gasteiger partial charge in [-0.05, 0) is 56.6 Å². The molecular weight excluding hydrogens is 470 g/mol. The molecule has 0 aromatic carbocycles. The van der Waals surface area contributed by atoms with E-state index < -0.39 is 47.9 Å². The van der Waals surface area contributed by atoms with Crippen LogP contribution in [0.4, 0.5) is 0 Å². The molecule has 0 aromatic rings. The van der Waals surface area contributed by atoms with E-state index in [1.807, 2.05) is 12.5 Å². The summed E-state index contributed by atoms with van der Waals surface area (Å²) in [6.07, 6.45) is 5.06. The second-order valence-corrected chi connectivity index (χ2v) is 9.28. The van der Waals surface area contributed by atoms with Gasteiger partial charge >= 0.3 is 5.97 Å². The Bertz CT molecular complexity index is 677. The number of nitrogens with one attached hydrogen (secondary N) is 3. The van der Waals surface area contributed by atoms with Gasteiger partial charge in [-0.2, -0.15) is 23.5 Å². The first-order valence-corrected chi connectivity index (χ1v) is 13.2. The summed E-state index contributed by atoms with van der Waals surface area (Å²) in [6, 6.07) is -3.78. The first-order chi connectivity index (χ1) is 15.5. The summed E-state index contributed by atoms with van der Waals surface area (Å²) in [5.41, 5.74) is 16.3. The van der Waals surface area contributed by atoms with Crippen LogP contribution in [0.5, 0.6) is 0 Å². The average Bonchev–Trinajstić information content (AvgIpc) is 2.75. The number of hydrogen-bond acceptors (Lipinski definition) is 8. The number of carboxylic acid groups (broad SMARTS) is 1. The van der Waals surface area contributed by atoms with E-state index in [9.17, 15) is 24.3 Å². The Labute approximate surface area is 203 Å². The molecule has 0 bridgehead atoms. The highest BCUT2D eigenvalue weighted by Gasteiger charge is 2.28. The molecule has 3 amide bonds. The highest BCUT2D eigenvalue weighted by atomic mass is 32.2. The van der Waals surface area contributed by atoms with Crippen LogP contribution in [0, 0.1) is 0 Å². The Morgan fingerprint density at radius 2 is 1.45 bits per heavy atom. The van der Waals surface area contributed by atoms with Crippen LogP contribution in [0.1, 0.15) is 32.6 Å². The minimum atomic E-state index is -1.21. The maximum atomic E-state index is 12.7. The number of nitrogens with zero attached hydrogens (tertiary/aromatic N) is 1. The molecule has 12 nitrogen and oxygen atoms in total. The van der Waals surface area contributed by atoms with E-state index in [4.69, 9.17) is 17.2 Å². The molecule has 0 spiro atoms. The average molecular weight is 508 g/mol. The quantitative estimate of drug-likeness (QED) is 0.0682. The first-order valence-electron chi connectivity index (χ1n) is 10.5. The van der Waals surface area contributed by atoms with Gasteiger partial charge in [-0.3, -0.25) is 19.4 Å². The standard InChI is InChI=1S/C19H37N7O5S2/c1-11(15(27)26-14(18(30)31)5-4-8-23-19(21)22)24-17(29)13(7-10-33-3)25-16(28)12(20)6-9-32-2/h11-14H,4-10,20H2,1-3H3,(H,24,29)(H,25,28)(H,26,27)(H,30,31)(H4,21,22,23). The van der Waals surface area contributed by atoms with Crippen LogP contribution >= 0.6 is 23.5 Å². The van der Waals surface area contributed by atoms with Gasteiger partial charge in [0.1, 0.15) is 18.1 Å². The fourth-order valence-corrected chi connectivity index (χ4v) is 3.56. The Kier molecular flexibility index (Phi) is 16.2. The molecule has 10 N–H and O–H groups in total. The summed E-state index contributed by atoms with van der Waals surface area (Å²) in [7, 11) is 0. The lowest BCUT2D eigenvalue weighted by atomic mass is 10.1. The zero-order valence-corrected chi connectivity index (χ0v) is 21.0. The van der Waals surface area contributed by atoms with E-state index in [-0.39, 0.29) is 18.9 Å². The lowest BCUT2D eigenvalue weighted by molar-refractivity contribution is -0.142. The normalized spacial score (nSPS) is 14.3. The Hall–Kier alpha value is -2.19. The third kappa shape index (κ3) is 13.8. The fourth-order valence-electron chi connectivity index (χ4n) is 2.60. The molecule has 0 rings (SSSR count). The van der Waals surface area contributed by atoms with E-state index in [1.54, 1.807) is 11.8 Å². The maximum Gasteiger partial charge on any atom is 0.326 e. The summed E-state index contributed by atoms with van der Waals surface area (Å²) >= 11 is 3.08. The minimum Gasteiger partial charge on any atom is -0.480 e. The number of carbonyl (C=O) groups is 4. The molecule has 14 heteroatoms. The van der Waals surface area contributed by atoms with Gasteiger partial charge in [0.15, 0.2) is 5.96 Å². The molecule has 0 radical (unpaired) electrons. The topological polar surface area (TPSA) is 215 Å². The minimum absolute atomic E-state index is 0.101. The number of nitrogens with two attached hydrogens (primary N) is 3. The zero-order chi connectivity index (χ0) is 25.4. The van der Waals surface area contributed by atoms with Crippen LogP contribution < -0.4 is 33.2 Å². The fraction of sp³-hybridized carbons (Fsp3) is 0.737. The van der Waals surface area contributed by atoms with Gasteiger partial charge in [0.2, 0.25) is 17.7 Å². The monoisotopic (exact) mass is 507 g/mol. The van der Waals surface area contributed by atoms with Gasteiger partial charge in [-0.1, -0.05) is 0 Å². The maximum absolute atomic E-state index is 12.7. The number of guanidine groups is 1. The number of aliphatic carboxylic acids is 1. The second kappa shape index (κ2) is 17.3. The Balaban J connectivity index is 4.94. The van der Waals surface area contributed by atoms with Crippen molar-refractivity contribution >= 4 is 53.2 Å². The highest BCUT2D eigenvalue weighted by molar-refractivity contribution is 7.98. The van der Waals surface area contributed by atoms with Crippen molar-refractivity contribution in [1.82, 2.24) is 16.0 Å². The van der Waals surface area contributed by atoms with Crippen molar-refractivity contribution in [3.05, 3.63) is 0 Å². The van der Waals surface area contributed by atoms with E-state index in [0.29, 0.717) is 30.8 Å². The SMILES string of the molecule is CSCCC(N)C(=O)NC(CCSC)C(=O)NC(C)C(=O)NC(CCCN=C(N)N)C(=O)O. The molecule has 0 aliphatic carbocycles. The second-order valence-electron chi connectivity index (χ2n) is 7.31. The predicted octanol–water partition coefficient (Wildman–Crippen LogP) is -1.57. The first kappa shape index (κ1) is 30.8. The Morgan fingerprint density at radius 1 is 0.879 bits per heavy atom. The lowest BCUT2D eigenvalue weighted by Crippen LogP contribution is -2.56. The third-order valence-corrected chi connectivity index (χ3v) is 5.81. The molecule has 0 fully saturated rings. The van der Waals surface area contributed by atoms with Crippen molar-refractivity contribution in [2.24, 2.45) is 22.2 Å². The van der Waals surface area contributed by atoms with Crippen molar-refractivity contribution < 1.29 is 24.3 Å². The smallest absolute Gasteiger partial charge is 0.326 e. The molecule has 0 aromatic heterocycles. The lowest BCUT2D eigenvalue weighted by Gasteiger charge is -2.23. The van der Waals surface area contributed by atoms with E-state index in [0.717, 1.165) is 0 Å².